The number of hydrogen-bond donors (Lipinski definition) is 4. The molecule has 1 amide bonds. The number of carboxylic acids is 1. The molecule has 2 aromatic heterocycles. The second kappa shape index (κ2) is 7.67. The summed E-state index contributed by atoms with van der Waals surface area (Å²) in [6.07, 6.45) is 3.02. The SMILES string of the molecule is O=C(NCC(O)C(=O)O)c1ncc(-c2cnn(-c3ccccc3)c2)cc1O. The number of rotatable bonds is 6. The van der Waals surface area contributed by atoms with Crippen LogP contribution in [0.2, 0.25) is 0 Å². The molecule has 2 heterocycles. The van der Waals surface area contributed by atoms with Crippen LogP contribution in [0.3, 0.4) is 0 Å². The molecule has 0 fully saturated rings. The highest BCUT2D eigenvalue weighted by Gasteiger charge is 2.18. The number of aliphatic hydroxyl groups excluding tert-OH is 1. The van der Waals surface area contributed by atoms with Crippen LogP contribution in [0.5, 0.6) is 5.75 Å². The third kappa shape index (κ3) is 4.10. The molecule has 0 spiro atoms. The monoisotopic (exact) mass is 368 g/mol. The first-order valence-electron chi connectivity index (χ1n) is 7.94. The van der Waals surface area contributed by atoms with Crippen LogP contribution in [0.25, 0.3) is 16.8 Å². The van der Waals surface area contributed by atoms with E-state index < -0.39 is 24.5 Å². The average Bonchev–Trinajstić information content (AvgIpc) is 3.16. The van der Waals surface area contributed by atoms with Crippen molar-refractivity contribution >= 4 is 11.9 Å². The van der Waals surface area contributed by atoms with Crippen molar-refractivity contribution in [3.05, 3.63) is 60.7 Å². The van der Waals surface area contributed by atoms with Crippen LogP contribution in [0.15, 0.2) is 55.0 Å². The number of nitrogens with zero attached hydrogens (tertiary/aromatic N) is 3. The first-order chi connectivity index (χ1) is 13.0. The van der Waals surface area contributed by atoms with Crippen LogP contribution in [0.4, 0.5) is 0 Å². The van der Waals surface area contributed by atoms with Gasteiger partial charge in [-0.3, -0.25) is 4.79 Å². The molecule has 0 bridgehead atoms. The average molecular weight is 368 g/mol. The van der Waals surface area contributed by atoms with Crippen molar-refractivity contribution in [1.82, 2.24) is 20.1 Å². The van der Waals surface area contributed by atoms with Gasteiger partial charge in [-0.15, -0.1) is 0 Å². The van der Waals surface area contributed by atoms with E-state index in [1.165, 1.54) is 12.3 Å². The minimum atomic E-state index is -1.74. The van der Waals surface area contributed by atoms with E-state index in [-0.39, 0.29) is 11.4 Å². The predicted octanol–water partition coefficient (Wildman–Crippen LogP) is 0.815. The molecule has 27 heavy (non-hydrogen) atoms. The van der Waals surface area contributed by atoms with Gasteiger partial charge in [0.25, 0.3) is 5.91 Å². The van der Waals surface area contributed by atoms with Gasteiger partial charge in [-0.2, -0.15) is 5.10 Å². The molecule has 0 aliphatic rings. The van der Waals surface area contributed by atoms with E-state index in [0.717, 1.165) is 5.69 Å². The summed E-state index contributed by atoms with van der Waals surface area (Å²) in [5, 5.41) is 34.3. The summed E-state index contributed by atoms with van der Waals surface area (Å²) in [6, 6.07) is 10.8. The maximum Gasteiger partial charge on any atom is 0.334 e. The molecule has 0 saturated heterocycles. The van der Waals surface area contributed by atoms with Gasteiger partial charge >= 0.3 is 5.97 Å². The molecule has 9 nitrogen and oxygen atoms in total. The van der Waals surface area contributed by atoms with Gasteiger partial charge in [-0.05, 0) is 18.2 Å². The van der Waals surface area contributed by atoms with Crippen LogP contribution in [-0.2, 0) is 4.79 Å². The Morgan fingerprint density at radius 3 is 2.56 bits per heavy atom. The lowest BCUT2D eigenvalue weighted by Gasteiger charge is -2.09. The highest BCUT2D eigenvalue weighted by atomic mass is 16.4. The van der Waals surface area contributed by atoms with Crippen LogP contribution in [0.1, 0.15) is 10.5 Å². The number of aliphatic carboxylic acids is 1. The highest BCUT2D eigenvalue weighted by Crippen LogP contribution is 2.25. The second-order valence-electron chi connectivity index (χ2n) is 5.66. The van der Waals surface area contributed by atoms with E-state index in [0.29, 0.717) is 11.1 Å². The summed E-state index contributed by atoms with van der Waals surface area (Å²) < 4.78 is 1.67. The molecule has 3 rings (SSSR count). The zero-order valence-corrected chi connectivity index (χ0v) is 14.0. The molecule has 1 unspecified atom stereocenters. The number of para-hydroxylation sites is 1. The van der Waals surface area contributed by atoms with Gasteiger partial charge in [0.1, 0.15) is 5.75 Å². The van der Waals surface area contributed by atoms with Crippen molar-refractivity contribution in [3.63, 3.8) is 0 Å². The number of pyridine rings is 1. The lowest BCUT2D eigenvalue weighted by Crippen LogP contribution is -2.36. The summed E-state index contributed by atoms with van der Waals surface area (Å²) in [5.41, 5.74) is 1.84. The molecule has 1 aromatic carbocycles. The second-order valence-corrected chi connectivity index (χ2v) is 5.66. The normalized spacial score (nSPS) is 11.7. The largest absolute Gasteiger partial charge is 0.505 e. The molecule has 0 aliphatic heterocycles. The first kappa shape index (κ1) is 18.1. The standard InChI is InChI=1S/C18H16N4O5/c23-14-6-11(7-19-16(14)17(25)20-9-15(24)18(26)27)12-8-21-22(10-12)13-4-2-1-3-5-13/h1-8,10,15,23-24H,9H2,(H,20,25)(H,26,27). The van der Waals surface area contributed by atoms with E-state index in [9.17, 15) is 19.8 Å². The van der Waals surface area contributed by atoms with Gasteiger partial charge in [0.15, 0.2) is 11.8 Å². The Morgan fingerprint density at radius 1 is 1.15 bits per heavy atom. The van der Waals surface area contributed by atoms with Crippen LogP contribution >= 0.6 is 0 Å². The molecule has 3 aromatic rings. The molecule has 9 heteroatoms. The van der Waals surface area contributed by atoms with E-state index in [1.54, 1.807) is 17.1 Å². The molecule has 1 atom stereocenters. The van der Waals surface area contributed by atoms with Crippen molar-refractivity contribution in [1.29, 1.82) is 0 Å². The molecule has 138 valence electrons. The Hall–Kier alpha value is -3.72. The van der Waals surface area contributed by atoms with Gasteiger partial charge in [-0.25, -0.2) is 14.5 Å². The molecule has 4 N–H and O–H groups in total. The Kier molecular flexibility index (Phi) is 5.13. The maximum absolute atomic E-state index is 12.0. The van der Waals surface area contributed by atoms with Gasteiger partial charge < -0.3 is 20.6 Å². The van der Waals surface area contributed by atoms with E-state index in [1.807, 2.05) is 30.3 Å². The zero-order chi connectivity index (χ0) is 19.4. The van der Waals surface area contributed by atoms with Crippen LogP contribution < -0.4 is 5.32 Å². The molecular weight excluding hydrogens is 352 g/mol. The van der Waals surface area contributed by atoms with Gasteiger partial charge in [-0.1, -0.05) is 18.2 Å². The Bertz CT molecular complexity index is 971. The number of aromatic hydroxyl groups is 1. The van der Waals surface area contributed by atoms with E-state index in [4.69, 9.17) is 5.11 Å². The molecular formula is C18H16N4O5. The number of aliphatic hydroxyl groups is 1. The minimum absolute atomic E-state index is 0.271. The molecule has 0 radical (unpaired) electrons. The fourth-order valence-electron chi connectivity index (χ4n) is 2.34. The number of amides is 1. The fourth-order valence-corrected chi connectivity index (χ4v) is 2.34. The first-order valence-corrected chi connectivity index (χ1v) is 7.94. The Balaban J connectivity index is 1.76. The number of benzene rings is 1. The number of carboxylic acid groups (broad SMARTS) is 1. The van der Waals surface area contributed by atoms with Crippen molar-refractivity contribution in [3.8, 4) is 22.6 Å². The van der Waals surface area contributed by atoms with E-state index in [2.05, 4.69) is 15.4 Å². The number of aromatic nitrogens is 3. The van der Waals surface area contributed by atoms with Gasteiger partial charge in [0, 0.05) is 23.5 Å². The van der Waals surface area contributed by atoms with Crippen molar-refractivity contribution in [2.24, 2.45) is 0 Å². The number of nitrogens with one attached hydrogen (secondary N) is 1. The van der Waals surface area contributed by atoms with Crippen LogP contribution in [0, 0.1) is 0 Å². The maximum atomic E-state index is 12.0. The summed E-state index contributed by atoms with van der Waals surface area (Å²) in [7, 11) is 0. The van der Waals surface area contributed by atoms with Crippen molar-refractivity contribution in [2.45, 2.75) is 6.10 Å². The zero-order valence-electron chi connectivity index (χ0n) is 14.0. The molecule has 0 saturated carbocycles. The van der Waals surface area contributed by atoms with Crippen LogP contribution in [-0.4, -0.2) is 54.6 Å². The lowest BCUT2D eigenvalue weighted by atomic mass is 10.1. The Morgan fingerprint density at radius 2 is 1.89 bits per heavy atom. The molecule has 0 aliphatic carbocycles. The predicted molar refractivity (Wildman–Crippen MR) is 94.4 cm³/mol. The minimum Gasteiger partial charge on any atom is -0.505 e. The highest BCUT2D eigenvalue weighted by molar-refractivity contribution is 5.95. The quantitative estimate of drug-likeness (QED) is 0.505. The van der Waals surface area contributed by atoms with Crippen molar-refractivity contribution < 1.29 is 24.9 Å². The summed E-state index contributed by atoms with van der Waals surface area (Å²) in [5.74, 6) is -2.63. The lowest BCUT2D eigenvalue weighted by molar-refractivity contribution is -0.146. The summed E-state index contributed by atoms with van der Waals surface area (Å²) >= 11 is 0. The Labute approximate surface area is 153 Å². The van der Waals surface area contributed by atoms with Gasteiger partial charge in [0.05, 0.1) is 18.4 Å². The van der Waals surface area contributed by atoms with Crippen molar-refractivity contribution in [2.75, 3.05) is 6.54 Å². The third-order valence-electron chi connectivity index (χ3n) is 3.76. The topological polar surface area (TPSA) is 138 Å². The summed E-state index contributed by atoms with van der Waals surface area (Å²) in [6.45, 7) is -0.499. The number of carbonyl (C=O) groups is 2. The third-order valence-corrected chi connectivity index (χ3v) is 3.76. The fraction of sp³-hybridized carbons (Fsp3) is 0.111. The number of carbonyl (C=O) groups excluding carboxylic acids is 1. The summed E-state index contributed by atoms with van der Waals surface area (Å²) in [4.78, 5) is 26.5. The van der Waals surface area contributed by atoms with Gasteiger partial charge in [0.2, 0.25) is 0 Å². The number of hydrogen-bond acceptors (Lipinski definition) is 6. The smallest absolute Gasteiger partial charge is 0.334 e. The van der Waals surface area contributed by atoms with E-state index >= 15 is 0 Å².